The highest BCUT2D eigenvalue weighted by molar-refractivity contribution is 14.0. The number of hydrogen-bond acceptors (Lipinski definition) is 3. The predicted molar refractivity (Wildman–Crippen MR) is 77.4 cm³/mol. The van der Waals surface area contributed by atoms with Crippen LogP contribution in [-0.2, 0) is 0 Å². The van der Waals surface area contributed by atoms with Crippen LogP contribution in [0.4, 0.5) is 10.5 Å². The van der Waals surface area contributed by atoms with Crippen LogP contribution in [0.2, 0.25) is 0 Å². The van der Waals surface area contributed by atoms with Gasteiger partial charge < -0.3 is 20.7 Å². The van der Waals surface area contributed by atoms with E-state index in [-0.39, 0.29) is 24.0 Å². The van der Waals surface area contributed by atoms with Crippen LogP contribution >= 0.6 is 24.0 Å². The summed E-state index contributed by atoms with van der Waals surface area (Å²) in [6, 6.07) is 5.79. The molecule has 5 nitrogen and oxygen atoms in total. The third kappa shape index (κ3) is 7.81. The minimum Gasteiger partial charge on any atom is -0.530 e. The first-order chi connectivity index (χ1) is 7.14. The molecule has 0 radical (unpaired) electrons. The Bertz CT molecular complexity index is 371. The van der Waals surface area contributed by atoms with Crippen molar-refractivity contribution in [3.63, 3.8) is 0 Å². The molecule has 1 aromatic rings. The zero-order valence-corrected chi connectivity index (χ0v) is 12.8. The topological polar surface area (TPSA) is 86.4 Å². The number of hydrogen-bond donors (Lipinski definition) is 2. The third-order valence-corrected chi connectivity index (χ3v) is 1.97. The summed E-state index contributed by atoms with van der Waals surface area (Å²) in [5, 5.41) is 18.1. The quantitative estimate of drug-likeness (QED) is 0.578. The summed E-state index contributed by atoms with van der Waals surface area (Å²) in [6.45, 7) is 1.90. The zero-order chi connectivity index (χ0) is 12.9. The van der Waals surface area contributed by atoms with Crippen LogP contribution in [0.5, 0.6) is 5.75 Å². The van der Waals surface area contributed by atoms with E-state index in [0.717, 1.165) is 15.7 Å². The van der Waals surface area contributed by atoms with Crippen molar-refractivity contribution >= 4 is 35.8 Å². The van der Waals surface area contributed by atoms with Crippen LogP contribution in [0.15, 0.2) is 18.2 Å². The number of quaternary nitrogens is 1. The fourth-order valence-electron chi connectivity index (χ4n) is 1.02. The third-order valence-electron chi connectivity index (χ3n) is 1.97. The maximum Gasteiger partial charge on any atom is 0.135 e. The smallest absolute Gasteiger partial charge is 0.135 e. The number of halogens is 1. The molecule has 0 aliphatic carbocycles. The molecule has 0 fully saturated rings. The standard InChI is InChI=1S/C10H15NO.CH3NO2.HI/c1-8-5-6-9(7-10(8)12)11(2,3)4;2-1(3)4;/h5-7H,1-4H3;2H2,(H,3,4);1H. The summed E-state index contributed by atoms with van der Waals surface area (Å²) in [5.41, 5.74) is 5.95. The summed E-state index contributed by atoms with van der Waals surface area (Å²) >= 11 is 0. The van der Waals surface area contributed by atoms with Gasteiger partial charge in [-0.25, -0.2) is 0 Å². The van der Waals surface area contributed by atoms with Gasteiger partial charge in [0.2, 0.25) is 0 Å². The van der Waals surface area contributed by atoms with Crippen LogP contribution in [0.3, 0.4) is 0 Å². The highest BCUT2D eigenvalue weighted by Gasteiger charge is 2.12. The molecule has 0 atom stereocenters. The number of carbonyl (C=O) groups excluding carboxylic acids is 1. The Labute approximate surface area is 118 Å². The second kappa shape index (κ2) is 7.33. The SMILES string of the molecule is Cc1ccc([N+](C)(C)C)cc1O.I.NC(=O)[O-]. The highest BCUT2D eigenvalue weighted by atomic mass is 127. The molecule has 0 aliphatic heterocycles. The number of carbonyl (C=O) groups is 1. The second-order valence-corrected chi connectivity index (χ2v) is 4.30. The molecule has 1 aromatic carbocycles. The number of aryl methyl sites for hydroxylation is 1. The first kappa shape index (κ1) is 18.3. The lowest BCUT2D eigenvalue weighted by atomic mass is 10.2. The Hall–Kier alpha value is -1.02. The molecule has 3 N–H and O–H groups in total. The van der Waals surface area contributed by atoms with Crippen molar-refractivity contribution in [3.8, 4) is 5.75 Å². The van der Waals surface area contributed by atoms with E-state index in [1.54, 1.807) is 0 Å². The average Bonchev–Trinajstić information content (AvgIpc) is 2.06. The lowest BCUT2D eigenvalue weighted by Crippen LogP contribution is -2.34. The molecule has 0 spiro atoms. The molecule has 17 heavy (non-hydrogen) atoms. The van der Waals surface area contributed by atoms with E-state index in [1.807, 2.05) is 25.1 Å². The largest absolute Gasteiger partial charge is 0.530 e. The molecule has 0 aliphatic rings. The number of benzene rings is 1. The number of nitrogens with zero attached hydrogens (tertiary/aromatic N) is 1. The summed E-state index contributed by atoms with van der Waals surface area (Å²) in [5.74, 6) is 0.376. The Morgan fingerprint density at radius 3 is 2.06 bits per heavy atom. The molecule has 0 aromatic heterocycles. The molecule has 0 saturated heterocycles. The van der Waals surface area contributed by atoms with Gasteiger partial charge in [-0.3, -0.25) is 4.48 Å². The second-order valence-electron chi connectivity index (χ2n) is 4.30. The van der Waals surface area contributed by atoms with Crippen molar-refractivity contribution in [2.75, 3.05) is 21.1 Å². The molecule has 98 valence electrons. The van der Waals surface area contributed by atoms with Gasteiger partial charge in [0.25, 0.3) is 0 Å². The number of nitrogens with two attached hydrogens (primary N) is 1. The van der Waals surface area contributed by atoms with Crippen LogP contribution in [0, 0.1) is 6.92 Å². The first-order valence-electron chi connectivity index (χ1n) is 4.72. The monoisotopic (exact) mass is 354 g/mol. The molecule has 0 saturated carbocycles. The Balaban J connectivity index is 0. The molecule has 0 heterocycles. The number of phenols is 1. The van der Waals surface area contributed by atoms with Crippen molar-refractivity contribution in [2.24, 2.45) is 5.73 Å². The van der Waals surface area contributed by atoms with E-state index < -0.39 is 6.09 Å². The summed E-state index contributed by atoms with van der Waals surface area (Å²) in [7, 11) is 6.22. The number of primary amides is 1. The van der Waals surface area contributed by atoms with Gasteiger partial charge >= 0.3 is 0 Å². The van der Waals surface area contributed by atoms with E-state index in [2.05, 4.69) is 26.9 Å². The molecular weight excluding hydrogens is 335 g/mol. The van der Waals surface area contributed by atoms with Crippen molar-refractivity contribution in [1.29, 1.82) is 0 Å². The number of aromatic hydroxyl groups is 1. The molecule has 1 rings (SSSR count). The maximum atomic E-state index is 9.45. The average molecular weight is 354 g/mol. The van der Waals surface area contributed by atoms with Crippen LogP contribution < -0.4 is 15.3 Å². The summed E-state index contributed by atoms with van der Waals surface area (Å²) in [4.78, 5) is 8.67. The predicted octanol–water partition coefficient (Wildman–Crippen LogP) is 0.804. The van der Waals surface area contributed by atoms with Crippen LogP contribution in [-0.4, -0.2) is 32.3 Å². The van der Waals surface area contributed by atoms with Gasteiger partial charge in [-0.05, 0) is 24.6 Å². The van der Waals surface area contributed by atoms with E-state index in [9.17, 15) is 5.11 Å². The van der Waals surface area contributed by atoms with Gasteiger partial charge in [0, 0.05) is 6.07 Å². The van der Waals surface area contributed by atoms with Crippen LogP contribution in [0.1, 0.15) is 5.56 Å². The van der Waals surface area contributed by atoms with Gasteiger partial charge in [0.15, 0.2) is 0 Å². The van der Waals surface area contributed by atoms with Gasteiger partial charge in [-0.1, -0.05) is 0 Å². The fourth-order valence-corrected chi connectivity index (χ4v) is 1.02. The van der Waals surface area contributed by atoms with Crippen molar-refractivity contribution < 1.29 is 15.0 Å². The van der Waals surface area contributed by atoms with E-state index in [4.69, 9.17) is 9.90 Å². The highest BCUT2D eigenvalue weighted by Crippen LogP contribution is 2.24. The molecule has 1 amide bonds. The number of phenolic OH excluding ortho intramolecular Hbond substituents is 1. The lowest BCUT2D eigenvalue weighted by molar-refractivity contribution is -0.245. The molecule has 0 unspecified atom stereocenters. The van der Waals surface area contributed by atoms with E-state index in [1.165, 1.54) is 0 Å². The van der Waals surface area contributed by atoms with Gasteiger partial charge in [0.05, 0.1) is 21.1 Å². The van der Waals surface area contributed by atoms with Crippen molar-refractivity contribution in [1.82, 2.24) is 4.48 Å². The minimum atomic E-state index is -1.58. The summed E-state index contributed by atoms with van der Waals surface area (Å²) < 4.78 is 0.730. The number of carboxylic acid groups (broad SMARTS) is 1. The Morgan fingerprint density at radius 2 is 1.76 bits per heavy atom. The fraction of sp³-hybridized carbons (Fsp3) is 0.364. The molecule has 0 bridgehead atoms. The number of amides is 1. The Kier molecular flexibility index (Phi) is 7.92. The van der Waals surface area contributed by atoms with Gasteiger partial charge in [0.1, 0.15) is 17.5 Å². The lowest BCUT2D eigenvalue weighted by Gasteiger charge is -2.23. The van der Waals surface area contributed by atoms with Crippen molar-refractivity contribution in [2.45, 2.75) is 6.92 Å². The van der Waals surface area contributed by atoms with Crippen molar-refractivity contribution in [3.05, 3.63) is 23.8 Å². The number of rotatable bonds is 1. The first-order valence-corrected chi connectivity index (χ1v) is 4.72. The summed E-state index contributed by atoms with van der Waals surface area (Å²) in [6.07, 6.45) is -1.58. The Morgan fingerprint density at radius 1 is 1.35 bits per heavy atom. The normalized spacial score (nSPS) is 9.65. The maximum absolute atomic E-state index is 9.45. The zero-order valence-electron chi connectivity index (χ0n) is 10.4. The van der Waals surface area contributed by atoms with Gasteiger partial charge in [-0.2, -0.15) is 0 Å². The van der Waals surface area contributed by atoms with Crippen LogP contribution in [0.25, 0.3) is 0 Å². The van der Waals surface area contributed by atoms with E-state index >= 15 is 0 Å². The molecular formula is C11H19IN2O3. The van der Waals surface area contributed by atoms with Gasteiger partial charge in [-0.15, -0.1) is 24.0 Å². The molecule has 6 heteroatoms. The van der Waals surface area contributed by atoms with E-state index in [0.29, 0.717) is 5.75 Å². The minimum absolute atomic E-state index is 0.